The minimum Gasteiger partial charge on any atom is -0.462 e. The van der Waals surface area contributed by atoms with E-state index in [1.165, 1.54) is 347 Å². The van der Waals surface area contributed by atoms with E-state index in [1.807, 2.05) is 0 Å². The van der Waals surface area contributed by atoms with E-state index in [0.717, 1.165) is 57.8 Å². The highest BCUT2D eigenvalue weighted by Gasteiger charge is 2.20. The van der Waals surface area contributed by atoms with E-state index < -0.39 is 6.10 Å². The van der Waals surface area contributed by atoms with Gasteiger partial charge in [0.1, 0.15) is 13.2 Å². The molecule has 0 aliphatic rings. The van der Waals surface area contributed by atoms with Gasteiger partial charge in [-0.15, -0.1) is 0 Å². The van der Waals surface area contributed by atoms with Crippen LogP contribution in [0.5, 0.6) is 0 Å². The molecule has 0 aliphatic heterocycles. The number of carbonyl (C=O) groups is 3. The molecule has 482 valence electrons. The zero-order valence-electron chi connectivity index (χ0n) is 55.6. The van der Waals surface area contributed by atoms with E-state index in [9.17, 15) is 14.4 Å². The Bertz CT molecular complexity index is 1220. The van der Waals surface area contributed by atoms with Crippen LogP contribution in [0.3, 0.4) is 0 Å². The van der Waals surface area contributed by atoms with Crippen LogP contribution in [0.2, 0.25) is 0 Å². The summed E-state index contributed by atoms with van der Waals surface area (Å²) in [6, 6.07) is 0. The Morgan fingerprint density at radius 3 is 0.494 bits per heavy atom. The van der Waals surface area contributed by atoms with Crippen molar-refractivity contribution in [3.63, 3.8) is 0 Å². The van der Waals surface area contributed by atoms with Crippen molar-refractivity contribution in [2.45, 2.75) is 451 Å². The van der Waals surface area contributed by atoms with Crippen LogP contribution in [0.1, 0.15) is 445 Å². The first kappa shape index (κ1) is 79.4. The van der Waals surface area contributed by atoms with Gasteiger partial charge >= 0.3 is 17.9 Å². The SMILES string of the molecule is CCCCCCCCCCCCCCCCCCCCCCCCCCCCC(=O)OCC(COC(=O)CCCCCCCCCCCCCCCCC)OC(=O)CCCCCCCCCCCCCCCCCCCCCCCC. The molecule has 0 aromatic carbocycles. The number of ether oxygens (including phenoxy) is 3. The van der Waals surface area contributed by atoms with Crippen molar-refractivity contribution >= 4 is 17.9 Å². The Balaban J connectivity index is 4.20. The standard InChI is InChI=1S/C75H146O6/c1-4-7-10-13-16-19-22-25-28-30-32-34-36-37-38-39-41-42-44-47-50-53-56-59-62-65-68-74(77)80-71-72(70-79-73(76)67-64-61-58-55-52-49-46-27-24-21-18-15-12-9-6-3)81-75(78)69-66-63-60-57-54-51-48-45-43-40-35-33-31-29-26-23-20-17-14-11-8-5-2/h72H,4-71H2,1-3H3. The van der Waals surface area contributed by atoms with Gasteiger partial charge in [0.25, 0.3) is 0 Å². The predicted molar refractivity (Wildman–Crippen MR) is 354 cm³/mol. The van der Waals surface area contributed by atoms with Crippen molar-refractivity contribution in [1.29, 1.82) is 0 Å². The maximum absolute atomic E-state index is 13.0. The van der Waals surface area contributed by atoms with Crippen molar-refractivity contribution < 1.29 is 28.6 Å². The summed E-state index contributed by atoms with van der Waals surface area (Å²) in [6.45, 7) is 6.76. The molecule has 0 radical (unpaired) electrons. The smallest absolute Gasteiger partial charge is 0.306 e. The zero-order valence-corrected chi connectivity index (χ0v) is 55.6. The Labute approximate surface area is 508 Å². The third-order valence-corrected chi connectivity index (χ3v) is 17.6. The van der Waals surface area contributed by atoms with Gasteiger partial charge in [0.05, 0.1) is 0 Å². The number of esters is 3. The van der Waals surface area contributed by atoms with Gasteiger partial charge in [-0.2, -0.15) is 0 Å². The molecule has 0 heterocycles. The molecule has 0 bridgehead atoms. The lowest BCUT2D eigenvalue weighted by Crippen LogP contribution is -2.30. The molecule has 0 saturated heterocycles. The molecular formula is C75H146O6. The fraction of sp³-hybridized carbons (Fsp3) is 0.960. The van der Waals surface area contributed by atoms with E-state index >= 15 is 0 Å². The van der Waals surface area contributed by atoms with Crippen LogP contribution in [0, 0.1) is 0 Å². The molecule has 0 amide bonds. The summed E-state index contributed by atoms with van der Waals surface area (Å²) in [4.78, 5) is 38.5. The minimum absolute atomic E-state index is 0.0599. The first-order valence-electron chi connectivity index (χ1n) is 37.5. The highest BCUT2D eigenvalue weighted by Crippen LogP contribution is 2.20. The first-order valence-corrected chi connectivity index (χ1v) is 37.5. The van der Waals surface area contributed by atoms with Gasteiger partial charge < -0.3 is 14.2 Å². The van der Waals surface area contributed by atoms with E-state index in [4.69, 9.17) is 14.2 Å². The van der Waals surface area contributed by atoms with Gasteiger partial charge in [-0.25, -0.2) is 0 Å². The molecule has 81 heavy (non-hydrogen) atoms. The van der Waals surface area contributed by atoms with Crippen LogP contribution in [0.25, 0.3) is 0 Å². The van der Waals surface area contributed by atoms with E-state index in [-0.39, 0.29) is 31.1 Å². The summed E-state index contributed by atoms with van der Waals surface area (Å²) >= 11 is 0. The third-order valence-electron chi connectivity index (χ3n) is 17.6. The Morgan fingerprint density at radius 2 is 0.333 bits per heavy atom. The first-order chi connectivity index (χ1) is 40.0. The second-order valence-corrected chi connectivity index (χ2v) is 25.9. The Morgan fingerprint density at radius 1 is 0.198 bits per heavy atom. The van der Waals surface area contributed by atoms with Crippen molar-refractivity contribution in [3.05, 3.63) is 0 Å². The lowest BCUT2D eigenvalue weighted by atomic mass is 10.0. The van der Waals surface area contributed by atoms with Crippen LogP contribution >= 0.6 is 0 Å². The second-order valence-electron chi connectivity index (χ2n) is 25.9. The maximum Gasteiger partial charge on any atom is 0.306 e. The highest BCUT2D eigenvalue weighted by molar-refractivity contribution is 5.71. The van der Waals surface area contributed by atoms with E-state index in [0.29, 0.717) is 19.3 Å². The molecule has 0 spiro atoms. The van der Waals surface area contributed by atoms with Crippen LogP contribution in [-0.2, 0) is 28.6 Å². The highest BCUT2D eigenvalue weighted by atomic mass is 16.6. The summed E-state index contributed by atoms with van der Waals surface area (Å²) < 4.78 is 17.0. The third kappa shape index (κ3) is 69.1. The number of unbranched alkanes of at least 4 members (excludes halogenated alkanes) is 60. The summed E-state index contributed by atoms with van der Waals surface area (Å²) in [7, 11) is 0. The molecule has 1 unspecified atom stereocenters. The molecule has 0 aliphatic carbocycles. The molecule has 0 saturated carbocycles. The topological polar surface area (TPSA) is 78.9 Å². The predicted octanol–water partition coefficient (Wildman–Crippen LogP) is 25.8. The zero-order chi connectivity index (χ0) is 58.5. The fourth-order valence-corrected chi connectivity index (χ4v) is 12.0. The quantitative estimate of drug-likeness (QED) is 0.0343. The van der Waals surface area contributed by atoms with Gasteiger partial charge in [0, 0.05) is 19.3 Å². The largest absolute Gasteiger partial charge is 0.462 e. The van der Waals surface area contributed by atoms with Crippen molar-refractivity contribution in [2.75, 3.05) is 13.2 Å². The van der Waals surface area contributed by atoms with Gasteiger partial charge in [-0.3, -0.25) is 14.4 Å². The van der Waals surface area contributed by atoms with Crippen LogP contribution in [0.15, 0.2) is 0 Å². The second kappa shape index (κ2) is 70.9. The normalized spacial score (nSPS) is 11.9. The van der Waals surface area contributed by atoms with Gasteiger partial charge in [0.15, 0.2) is 6.10 Å². The number of rotatable bonds is 71. The average Bonchev–Trinajstić information content (AvgIpc) is 3.47. The lowest BCUT2D eigenvalue weighted by molar-refractivity contribution is -0.167. The minimum atomic E-state index is -0.764. The van der Waals surface area contributed by atoms with Crippen LogP contribution in [0.4, 0.5) is 0 Å². The van der Waals surface area contributed by atoms with E-state index in [1.54, 1.807) is 0 Å². The van der Waals surface area contributed by atoms with Gasteiger partial charge in [-0.05, 0) is 19.3 Å². The Kier molecular flexibility index (Phi) is 69.5. The maximum atomic E-state index is 13.0. The molecule has 0 aromatic heterocycles. The summed E-state index contributed by atoms with van der Waals surface area (Å²) in [5.74, 6) is -0.815. The molecule has 0 fully saturated rings. The number of hydrogen-bond acceptors (Lipinski definition) is 6. The number of hydrogen-bond donors (Lipinski definition) is 0. The molecule has 1 atom stereocenters. The fourth-order valence-electron chi connectivity index (χ4n) is 12.0. The molecule has 0 N–H and O–H groups in total. The molecule has 6 nitrogen and oxygen atoms in total. The van der Waals surface area contributed by atoms with Gasteiger partial charge in [-0.1, -0.05) is 406 Å². The molecule has 6 heteroatoms. The van der Waals surface area contributed by atoms with Crippen LogP contribution in [-0.4, -0.2) is 37.2 Å². The summed E-state index contributed by atoms with van der Waals surface area (Å²) in [5, 5.41) is 0. The summed E-state index contributed by atoms with van der Waals surface area (Å²) in [5.41, 5.74) is 0. The number of carbonyl (C=O) groups excluding carboxylic acids is 3. The van der Waals surface area contributed by atoms with Gasteiger partial charge in [0.2, 0.25) is 0 Å². The Hall–Kier alpha value is -1.59. The average molecular weight is 1140 g/mol. The van der Waals surface area contributed by atoms with Crippen molar-refractivity contribution in [1.82, 2.24) is 0 Å². The monoisotopic (exact) mass is 1140 g/mol. The van der Waals surface area contributed by atoms with Crippen LogP contribution < -0.4 is 0 Å². The van der Waals surface area contributed by atoms with E-state index in [2.05, 4.69) is 20.8 Å². The summed E-state index contributed by atoms with van der Waals surface area (Å²) in [6.07, 6.45) is 84.3. The van der Waals surface area contributed by atoms with Crippen molar-refractivity contribution in [3.8, 4) is 0 Å². The molecular weight excluding hydrogens is 997 g/mol. The molecule has 0 rings (SSSR count). The van der Waals surface area contributed by atoms with Crippen molar-refractivity contribution in [2.24, 2.45) is 0 Å². The lowest BCUT2D eigenvalue weighted by Gasteiger charge is -2.18. The molecule has 0 aromatic rings.